The first-order valence-electron chi connectivity index (χ1n) is 29.4. The van der Waals surface area contributed by atoms with Crippen LogP contribution in [0.15, 0.2) is 44.0 Å². The molecule has 412 valence electrons. The first-order chi connectivity index (χ1) is 35.8. The molecule has 4 atom stereocenters. The van der Waals surface area contributed by atoms with Crippen molar-refractivity contribution in [2.75, 3.05) is 0 Å². The van der Waals surface area contributed by atoms with E-state index in [2.05, 4.69) is 151 Å². The third-order valence-electron chi connectivity index (χ3n) is 16.8. The molecule has 4 nitrogen and oxygen atoms in total. The molecule has 6 aromatic rings. The number of nitrogens with zero attached hydrogens (tertiary/aromatic N) is 2. The van der Waals surface area contributed by atoms with E-state index in [9.17, 15) is 0 Å². The molecule has 1 aromatic carbocycles. The number of hydrogen-bond acceptors (Lipinski definition) is 9. The summed E-state index contributed by atoms with van der Waals surface area (Å²) in [6.45, 7) is 28.8. The van der Waals surface area contributed by atoms with E-state index in [-0.39, 0.29) is 11.2 Å². The summed E-state index contributed by atoms with van der Waals surface area (Å²) >= 11 is 16.7. The Morgan fingerprint density at radius 1 is 0.413 bits per heavy atom. The van der Waals surface area contributed by atoms with Gasteiger partial charge >= 0.3 is 0 Å². The largest absolute Gasteiger partial charge is 0.481 e. The van der Waals surface area contributed by atoms with Gasteiger partial charge < -0.3 is 9.47 Å². The quantitative estimate of drug-likeness (QED) is 0.0451. The number of rotatable bonds is 30. The first kappa shape index (κ1) is 59.5. The molecule has 75 heavy (non-hydrogen) atoms. The van der Waals surface area contributed by atoms with E-state index >= 15 is 0 Å². The topological polar surface area (TPSA) is 44.2 Å². The predicted molar refractivity (Wildman–Crippen MR) is 339 cm³/mol. The summed E-state index contributed by atoms with van der Waals surface area (Å²) in [5, 5.41) is 0. The molecule has 0 spiro atoms. The third-order valence-corrected chi connectivity index (χ3v) is 23.3. The number of ether oxygens (including phenoxy) is 2. The molecule has 5 aromatic heterocycles. The van der Waals surface area contributed by atoms with Crippen LogP contribution in [0.4, 0.5) is 0 Å². The van der Waals surface area contributed by atoms with Crippen molar-refractivity contribution >= 4 is 100.0 Å². The number of aromatic nitrogens is 2. The highest BCUT2D eigenvalue weighted by Gasteiger charge is 2.45. The zero-order valence-corrected chi connectivity index (χ0v) is 55.0. The highest BCUT2D eigenvalue weighted by atomic mass is 79.9. The lowest BCUT2D eigenvalue weighted by Gasteiger charge is -2.39. The molecular formula is C64H90Br2N2O2S5. The fourth-order valence-corrected chi connectivity index (χ4v) is 18.4. The van der Waals surface area contributed by atoms with Gasteiger partial charge in [0.15, 0.2) is 0 Å². The first-order valence-corrected chi connectivity index (χ1v) is 34.9. The van der Waals surface area contributed by atoms with E-state index in [1.807, 2.05) is 45.3 Å². The summed E-state index contributed by atoms with van der Waals surface area (Å²) in [6.07, 6.45) is 24.3. The lowest BCUT2D eigenvalue weighted by Crippen LogP contribution is -2.36. The lowest BCUT2D eigenvalue weighted by atomic mass is 9.78. The molecule has 4 unspecified atom stereocenters. The predicted octanol–water partition coefficient (Wildman–Crippen LogP) is 24.3. The highest BCUT2D eigenvalue weighted by molar-refractivity contribution is 9.11. The van der Waals surface area contributed by atoms with Gasteiger partial charge in [-0.1, -0.05) is 172 Å². The molecular weight excluding hydrogens is 1150 g/mol. The van der Waals surface area contributed by atoms with Gasteiger partial charge in [0.05, 0.1) is 38.8 Å². The minimum atomic E-state index is -0.381. The SMILES string of the molecule is CC(C)CCCC(C)CCC1(CCC(C)CCCC(C)C)Oc2cc(Br)sc2-c2sc(-c3ccc(-c4cc5c(s4)-c4sc(Br)cc4OC5(CCC(C)CCCC(C)C)CCC(C)CCCC(C)C)c4nsnc34)cc21. The monoisotopic (exact) mass is 1240 g/mol. The summed E-state index contributed by atoms with van der Waals surface area (Å²) in [5.41, 5.74) is 6.38. The Balaban J connectivity index is 1.16. The maximum atomic E-state index is 7.50. The average molecular weight is 1240 g/mol. The Hall–Kier alpha value is -1.60. The Kier molecular flexibility index (Phi) is 21.3. The molecule has 0 N–H and O–H groups in total. The van der Waals surface area contributed by atoms with Crippen LogP contribution in [-0.2, 0) is 11.2 Å². The van der Waals surface area contributed by atoms with E-state index in [1.54, 1.807) is 0 Å². The minimum Gasteiger partial charge on any atom is -0.481 e. The normalized spacial score (nSPS) is 18.9. The lowest BCUT2D eigenvalue weighted by molar-refractivity contribution is 0.0322. The van der Waals surface area contributed by atoms with Crippen molar-refractivity contribution < 1.29 is 9.47 Å². The maximum Gasteiger partial charge on any atom is 0.141 e. The van der Waals surface area contributed by atoms with Crippen molar-refractivity contribution in [1.29, 1.82) is 0 Å². The highest BCUT2D eigenvalue weighted by Crippen LogP contribution is 2.60. The zero-order valence-electron chi connectivity index (χ0n) is 47.7. The number of hydrogen-bond donors (Lipinski definition) is 0. The summed E-state index contributed by atoms with van der Waals surface area (Å²) in [6, 6.07) is 14.3. The van der Waals surface area contributed by atoms with E-state index in [4.69, 9.17) is 18.2 Å². The van der Waals surface area contributed by atoms with Gasteiger partial charge in [0.25, 0.3) is 0 Å². The van der Waals surface area contributed by atoms with Crippen molar-refractivity contribution in [3.05, 3.63) is 55.1 Å². The fourth-order valence-electron chi connectivity index (χ4n) is 12.0. The van der Waals surface area contributed by atoms with Crippen molar-refractivity contribution in [3.63, 3.8) is 0 Å². The average Bonchev–Trinajstić information content (AvgIpc) is 4.21. The van der Waals surface area contributed by atoms with Gasteiger partial charge in [-0.05, 0) is 143 Å². The molecule has 11 heteroatoms. The van der Waals surface area contributed by atoms with Crippen molar-refractivity contribution in [1.82, 2.24) is 8.75 Å². The second kappa shape index (κ2) is 26.8. The smallest absolute Gasteiger partial charge is 0.141 e. The van der Waals surface area contributed by atoms with Crippen LogP contribution < -0.4 is 9.47 Å². The number of benzene rings is 1. The molecule has 7 heterocycles. The fraction of sp³-hybridized carbons (Fsp3) is 0.656. The number of thiophene rings is 4. The Morgan fingerprint density at radius 3 is 1.04 bits per heavy atom. The molecule has 0 aliphatic carbocycles. The minimum absolute atomic E-state index is 0.381. The molecule has 0 saturated heterocycles. The molecule has 8 rings (SSSR count). The standard InChI is InChI=1S/C64H90Br2N2O2S5/c1-39(2)17-13-21-43(9)27-31-63(32-28-44(10)22-14-18-40(3)4)49-35-53(71-59(49)61-51(69-63)37-55(65)73-61)47-25-26-48(58-57(47)67-75-68-58)54-36-50-60(72-54)62-52(38-56(66)74-62)70-64(50,33-29-45(11)23-15-19-41(5)6)34-30-46(12)24-16-20-42(7)8/h25-26,35-46H,13-24,27-34H2,1-12H3. The molecule has 0 fully saturated rings. The van der Waals surface area contributed by atoms with E-state index in [0.29, 0.717) is 23.7 Å². The van der Waals surface area contributed by atoms with Gasteiger partial charge in [-0.2, -0.15) is 8.75 Å². The van der Waals surface area contributed by atoms with Crippen LogP contribution in [0, 0.1) is 47.3 Å². The number of halogens is 2. The van der Waals surface area contributed by atoms with Gasteiger partial charge in [-0.3, -0.25) is 0 Å². The van der Waals surface area contributed by atoms with Gasteiger partial charge in [-0.25, -0.2) is 0 Å². The summed E-state index contributed by atoms with van der Waals surface area (Å²) < 4.78 is 27.6. The summed E-state index contributed by atoms with van der Waals surface area (Å²) in [4.78, 5) is 7.80. The van der Waals surface area contributed by atoms with Crippen LogP contribution in [0.5, 0.6) is 11.5 Å². The van der Waals surface area contributed by atoms with Crippen LogP contribution >= 0.6 is 88.9 Å². The third kappa shape index (κ3) is 14.9. The maximum absolute atomic E-state index is 7.50. The Bertz CT molecular complexity index is 2520. The molecule has 0 bridgehead atoms. The molecule has 0 amide bonds. The van der Waals surface area contributed by atoms with Crippen LogP contribution in [0.1, 0.15) is 223 Å². The van der Waals surface area contributed by atoms with Crippen LogP contribution in [0.3, 0.4) is 0 Å². The summed E-state index contributed by atoms with van der Waals surface area (Å²) in [7, 11) is 0. The second-order valence-electron chi connectivity index (χ2n) is 25.4. The molecule has 0 saturated carbocycles. The molecule has 2 aliphatic rings. The van der Waals surface area contributed by atoms with E-state index in [1.165, 1.54) is 140 Å². The second-order valence-corrected chi connectivity index (χ2v) is 32.9. The Morgan fingerprint density at radius 2 is 0.733 bits per heavy atom. The van der Waals surface area contributed by atoms with Gasteiger partial charge in [0.1, 0.15) is 33.7 Å². The van der Waals surface area contributed by atoms with Crippen LogP contribution in [-0.4, -0.2) is 8.75 Å². The zero-order chi connectivity index (χ0) is 53.6. The summed E-state index contributed by atoms with van der Waals surface area (Å²) in [5.74, 6) is 7.70. The van der Waals surface area contributed by atoms with Gasteiger partial charge in [-0.15, -0.1) is 45.3 Å². The van der Waals surface area contributed by atoms with Gasteiger partial charge in [0, 0.05) is 44.1 Å². The Labute approximate surface area is 491 Å². The van der Waals surface area contributed by atoms with E-state index in [0.717, 1.165) is 105 Å². The number of fused-ring (bicyclic) bond motifs is 7. The van der Waals surface area contributed by atoms with E-state index < -0.39 is 0 Å². The van der Waals surface area contributed by atoms with Gasteiger partial charge in [0.2, 0.25) is 0 Å². The van der Waals surface area contributed by atoms with Crippen LogP contribution in [0.25, 0.3) is 51.4 Å². The van der Waals surface area contributed by atoms with Crippen LogP contribution in [0.2, 0.25) is 0 Å². The van der Waals surface area contributed by atoms with Crippen molar-refractivity contribution in [3.8, 4) is 51.9 Å². The van der Waals surface area contributed by atoms with Crippen molar-refractivity contribution in [2.24, 2.45) is 47.3 Å². The molecule has 2 aliphatic heterocycles. The van der Waals surface area contributed by atoms with Crippen molar-refractivity contribution in [2.45, 2.75) is 223 Å². The molecule has 0 radical (unpaired) electrons.